The van der Waals surface area contributed by atoms with E-state index < -0.39 is 0 Å². The van der Waals surface area contributed by atoms with Crippen molar-refractivity contribution in [3.63, 3.8) is 0 Å². The zero-order chi connectivity index (χ0) is 11.8. The molecule has 16 heavy (non-hydrogen) atoms. The Morgan fingerprint density at radius 3 is 2.44 bits per heavy atom. The molecule has 0 aliphatic carbocycles. The minimum atomic E-state index is -0.298. The highest BCUT2D eigenvalue weighted by atomic mass is 16.5. The van der Waals surface area contributed by atoms with Crippen LogP contribution in [0.5, 0.6) is 5.75 Å². The van der Waals surface area contributed by atoms with Gasteiger partial charge in [-0.05, 0) is 31.0 Å². The zero-order valence-corrected chi connectivity index (χ0v) is 9.98. The fraction of sp³-hybridized carbons (Fsp3) is 0.538. The summed E-state index contributed by atoms with van der Waals surface area (Å²) in [5.74, 6) is 0.866. The maximum absolute atomic E-state index is 9.23. The molecule has 1 N–H and O–H groups in total. The van der Waals surface area contributed by atoms with Crippen LogP contribution in [0.15, 0.2) is 24.3 Å². The van der Waals surface area contributed by atoms with Gasteiger partial charge in [-0.15, -0.1) is 0 Å². The number of hydrogen-bond donors (Lipinski definition) is 1. The summed E-state index contributed by atoms with van der Waals surface area (Å²) in [7, 11) is 1.69. The molecule has 1 rings (SSSR count). The molecule has 1 unspecified atom stereocenters. The van der Waals surface area contributed by atoms with Crippen molar-refractivity contribution in [1.29, 1.82) is 0 Å². The molecule has 0 radical (unpaired) electrons. The molecule has 0 aliphatic rings. The van der Waals surface area contributed by atoms with E-state index in [0.29, 0.717) is 13.0 Å². The van der Waals surface area contributed by atoms with Crippen molar-refractivity contribution in [3.05, 3.63) is 29.8 Å². The lowest BCUT2D eigenvalue weighted by molar-refractivity contribution is 0.172. The van der Waals surface area contributed by atoms with Crippen molar-refractivity contribution in [3.8, 4) is 5.75 Å². The first kappa shape index (κ1) is 13.0. The summed E-state index contributed by atoms with van der Waals surface area (Å²) in [4.78, 5) is 0. The average Bonchev–Trinajstić information content (AvgIpc) is 2.26. The van der Waals surface area contributed by atoms with Gasteiger partial charge >= 0.3 is 0 Å². The number of benzene rings is 1. The van der Waals surface area contributed by atoms with Crippen LogP contribution in [0.25, 0.3) is 0 Å². The minimum Gasteiger partial charge on any atom is -0.494 e. The molecule has 0 aromatic heterocycles. The number of aliphatic hydroxyl groups is 1. The SMILES string of the molecule is COCCCOc1ccc(CC(C)O)cc1. The van der Waals surface area contributed by atoms with Gasteiger partial charge in [0.1, 0.15) is 5.75 Å². The number of rotatable bonds is 7. The Hall–Kier alpha value is -1.06. The highest BCUT2D eigenvalue weighted by Crippen LogP contribution is 2.13. The van der Waals surface area contributed by atoms with Crippen molar-refractivity contribution in [2.45, 2.75) is 25.9 Å². The highest BCUT2D eigenvalue weighted by molar-refractivity contribution is 5.27. The Morgan fingerprint density at radius 2 is 1.88 bits per heavy atom. The van der Waals surface area contributed by atoms with Gasteiger partial charge in [0, 0.05) is 20.1 Å². The van der Waals surface area contributed by atoms with Crippen molar-refractivity contribution >= 4 is 0 Å². The fourth-order valence-electron chi connectivity index (χ4n) is 1.46. The van der Waals surface area contributed by atoms with Crippen LogP contribution < -0.4 is 4.74 Å². The van der Waals surface area contributed by atoms with Gasteiger partial charge in [-0.1, -0.05) is 12.1 Å². The lowest BCUT2D eigenvalue weighted by Gasteiger charge is -2.08. The second-order valence-corrected chi connectivity index (χ2v) is 3.89. The van der Waals surface area contributed by atoms with Crippen LogP contribution in [0.1, 0.15) is 18.9 Å². The third-order valence-corrected chi connectivity index (χ3v) is 2.22. The van der Waals surface area contributed by atoms with Crippen LogP contribution in [0.2, 0.25) is 0 Å². The molecule has 1 aromatic carbocycles. The summed E-state index contributed by atoms with van der Waals surface area (Å²) in [6.45, 7) is 3.18. The van der Waals surface area contributed by atoms with Crippen LogP contribution in [0, 0.1) is 0 Å². The smallest absolute Gasteiger partial charge is 0.119 e. The van der Waals surface area contributed by atoms with Gasteiger partial charge in [0.15, 0.2) is 0 Å². The maximum Gasteiger partial charge on any atom is 0.119 e. The second kappa shape index (κ2) is 7.25. The summed E-state index contributed by atoms with van der Waals surface area (Å²) in [6, 6.07) is 7.84. The van der Waals surface area contributed by atoms with Gasteiger partial charge < -0.3 is 14.6 Å². The van der Waals surface area contributed by atoms with E-state index in [9.17, 15) is 5.11 Å². The van der Waals surface area contributed by atoms with Crippen LogP contribution >= 0.6 is 0 Å². The van der Waals surface area contributed by atoms with Crippen LogP contribution in [0.4, 0.5) is 0 Å². The largest absolute Gasteiger partial charge is 0.494 e. The van der Waals surface area contributed by atoms with E-state index in [1.165, 1.54) is 0 Å². The van der Waals surface area contributed by atoms with E-state index in [2.05, 4.69) is 0 Å². The van der Waals surface area contributed by atoms with Gasteiger partial charge in [0.05, 0.1) is 12.7 Å². The molecule has 0 saturated heterocycles. The summed E-state index contributed by atoms with van der Waals surface area (Å²) >= 11 is 0. The van der Waals surface area contributed by atoms with E-state index in [0.717, 1.165) is 24.3 Å². The topological polar surface area (TPSA) is 38.7 Å². The Bertz CT molecular complexity index is 280. The van der Waals surface area contributed by atoms with Gasteiger partial charge in [-0.2, -0.15) is 0 Å². The van der Waals surface area contributed by atoms with E-state index in [-0.39, 0.29) is 6.10 Å². The molecular weight excluding hydrogens is 204 g/mol. The Morgan fingerprint density at radius 1 is 1.19 bits per heavy atom. The van der Waals surface area contributed by atoms with Gasteiger partial charge in [-0.3, -0.25) is 0 Å². The van der Waals surface area contributed by atoms with Crippen molar-refractivity contribution in [2.24, 2.45) is 0 Å². The fourth-order valence-corrected chi connectivity index (χ4v) is 1.46. The number of hydrogen-bond acceptors (Lipinski definition) is 3. The standard InChI is InChI=1S/C13H20O3/c1-11(14)10-12-4-6-13(7-5-12)16-9-3-8-15-2/h4-7,11,14H,3,8-10H2,1-2H3. The Balaban J connectivity index is 2.33. The molecule has 0 aliphatic heterocycles. The third kappa shape index (κ3) is 5.14. The normalized spacial score (nSPS) is 12.4. The number of ether oxygens (including phenoxy) is 2. The molecule has 0 bridgehead atoms. The highest BCUT2D eigenvalue weighted by Gasteiger charge is 1.99. The molecule has 3 nitrogen and oxygen atoms in total. The third-order valence-electron chi connectivity index (χ3n) is 2.22. The van der Waals surface area contributed by atoms with Gasteiger partial charge in [0.2, 0.25) is 0 Å². The molecule has 1 aromatic rings. The van der Waals surface area contributed by atoms with Crippen molar-refractivity contribution < 1.29 is 14.6 Å². The summed E-state index contributed by atoms with van der Waals surface area (Å²) < 4.78 is 10.5. The quantitative estimate of drug-likeness (QED) is 0.720. The predicted octanol–water partition coefficient (Wildman–Crippen LogP) is 2.03. The van der Waals surface area contributed by atoms with E-state index in [1.807, 2.05) is 24.3 Å². The summed E-state index contributed by atoms with van der Waals surface area (Å²) in [5.41, 5.74) is 1.12. The van der Waals surface area contributed by atoms with E-state index in [4.69, 9.17) is 9.47 Å². The predicted molar refractivity (Wildman–Crippen MR) is 63.8 cm³/mol. The molecule has 90 valence electrons. The second-order valence-electron chi connectivity index (χ2n) is 3.89. The molecule has 0 fully saturated rings. The molecule has 0 spiro atoms. The van der Waals surface area contributed by atoms with Crippen LogP contribution in [-0.2, 0) is 11.2 Å². The minimum absolute atomic E-state index is 0.298. The lowest BCUT2D eigenvalue weighted by Crippen LogP contribution is -2.04. The van der Waals surface area contributed by atoms with Crippen LogP contribution in [0.3, 0.4) is 0 Å². The first-order valence-electron chi connectivity index (χ1n) is 5.61. The Labute approximate surface area is 97.0 Å². The summed E-state index contributed by atoms with van der Waals surface area (Å²) in [6.07, 6.45) is 1.28. The molecule has 0 amide bonds. The first-order valence-corrected chi connectivity index (χ1v) is 5.61. The van der Waals surface area contributed by atoms with E-state index in [1.54, 1.807) is 14.0 Å². The number of methoxy groups -OCH3 is 1. The molecule has 3 heteroatoms. The average molecular weight is 224 g/mol. The maximum atomic E-state index is 9.23. The molecular formula is C13H20O3. The van der Waals surface area contributed by atoms with Gasteiger partial charge in [-0.25, -0.2) is 0 Å². The molecule has 0 heterocycles. The van der Waals surface area contributed by atoms with Crippen LogP contribution in [-0.4, -0.2) is 31.5 Å². The van der Waals surface area contributed by atoms with Crippen molar-refractivity contribution in [2.75, 3.05) is 20.3 Å². The first-order chi connectivity index (χ1) is 7.72. The van der Waals surface area contributed by atoms with Crippen molar-refractivity contribution in [1.82, 2.24) is 0 Å². The zero-order valence-electron chi connectivity index (χ0n) is 9.98. The van der Waals surface area contributed by atoms with E-state index >= 15 is 0 Å². The van der Waals surface area contributed by atoms with Gasteiger partial charge in [0.25, 0.3) is 0 Å². The monoisotopic (exact) mass is 224 g/mol. The number of aliphatic hydroxyl groups excluding tert-OH is 1. The lowest BCUT2D eigenvalue weighted by atomic mass is 10.1. The molecule has 1 atom stereocenters. The summed E-state index contributed by atoms with van der Waals surface area (Å²) in [5, 5.41) is 9.23. The molecule has 0 saturated carbocycles. The Kier molecular flexibility index (Phi) is 5.90.